The third-order valence-corrected chi connectivity index (χ3v) is 3.00. The van der Waals surface area contributed by atoms with Gasteiger partial charge < -0.3 is 9.73 Å². The summed E-state index contributed by atoms with van der Waals surface area (Å²) in [5.41, 5.74) is 0.811. The zero-order valence-electron chi connectivity index (χ0n) is 9.90. The van der Waals surface area contributed by atoms with Gasteiger partial charge in [-0.2, -0.15) is 0 Å². The molecule has 0 aliphatic carbocycles. The Kier molecular flexibility index (Phi) is 4.66. The normalized spacial score (nSPS) is 10.8. The van der Waals surface area contributed by atoms with Gasteiger partial charge in [0.2, 0.25) is 5.91 Å². The van der Waals surface area contributed by atoms with E-state index in [0.29, 0.717) is 22.4 Å². The first kappa shape index (κ1) is 13.7. The fraction of sp³-hybridized carbons (Fsp3) is 0.0714. The molecule has 3 nitrogen and oxygen atoms in total. The first-order valence-corrected chi connectivity index (χ1v) is 6.34. The molecular weight excluding hydrogens is 285 g/mol. The minimum Gasteiger partial charge on any atom is -0.465 e. The summed E-state index contributed by atoms with van der Waals surface area (Å²) in [6.07, 6.45) is 4.55. The molecule has 5 heteroatoms. The minimum atomic E-state index is -0.220. The highest BCUT2D eigenvalue weighted by Gasteiger charge is 2.02. The van der Waals surface area contributed by atoms with E-state index in [-0.39, 0.29) is 5.91 Å². The molecule has 1 heterocycles. The lowest BCUT2D eigenvalue weighted by molar-refractivity contribution is -0.116. The molecule has 98 valence electrons. The lowest BCUT2D eigenvalue weighted by Gasteiger charge is -2.05. The minimum absolute atomic E-state index is 0.220. The van der Waals surface area contributed by atoms with Crippen molar-refractivity contribution in [2.75, 3.05) is 0 Å². The van der Waals surface area contributed by atoms with E-state index in [1.54, 1.807) is 42.7 Å². The van der Waals surface area contributed by atoms with Crippen molar-refractivity contribution in [3.05, 3.63) is 64.0 Å². The number of amides is 1. The van der Waals surface area contributed by atoms with Crippen molar-refractivity contribution in [2.24, 2.45) is 0 Å². The molecule has 1 aromatic carbocycles. The van der Waals surface area contributed by atoms with Crippen LogP contribution in [0, 0.1) is 0 Å². The van der Waals surface area contributed by atoms with Gasteiger partial charge in [0.05, 0.1) is 6.26 Å². The molecule has 0 saturated heterocycles. The summed E-state index contributed by atoms with van der Waals surface area (Å²) in [6, 6.07) is 8.67. The fourth-order valence-corrected chi connectivity index (χ4v) is 1.93. The number of carbonyl (C=O) groups is 1. The highest BCUT2D eigenvalue weighted by Crippen LogP contribution is 2.20. The Hall–Kier alpha value is -1.71. The Morgan fingerprint density at radius 3 is 2.84 bits per heavy atom. The van der Waals surface area contributed by atoms with Crippen LogP contribution in [0.1, 0.15) is 11.3 Å². The van der Waals surface area contributed by atoms with E-state index in [0.717, 1.165) is 5.56 Å². The summed E-state index contributed by atoms with van der Waals surface area (Å²) < 4.78 is 5.08. The highest BCUT2D eigenvalue weighted by molar-refractivity contribution is 6.35. The zero-order chi connectivity index (χ0) is 13.7. The van der Waals surface area contributed by atoms with Gasteiger partial charge in [-0.25, -0.2) is 0 Å². The van der Waals surface area contributed by atoms with E-state index in [1.807, 2.05) is 0 Å². The van der Waals surface area contributed by atoms with Gasteiger partial charge in [0.1, 0.15) is 5.76 Å². The number of nitrogens with one attached hydrogen (secondary N) is 1. The first-order chi connectivity index (χ1) is 9.15. The number of carbonyl (C=O) groups excluding carboxylic acids is 1. The van der Waals surface area contributed by atoms with E-state index in [9.17, 15) is 4.79 Å². The van der Waals surface area contributed by atoms with Crippen molar-refractivity contribution in [2.45, 2.75) is 6.54 Å². The lowest BCUT2D eigenvalue weighted by atomic mass is 10.2. The average Bonchev–Trinajstić information content (AvgIpc) is 2.88. The van der Waals surface area contributed by atoms with Crippen LogP contribution in [0.25, 0.3) is 6.08 Å². The van der Waals surface area contributed by atoms with Crippen LogP contribution in [0.5, 0.6) is 0 Å². The standard InChI is InChI=1S/C14H11Cl2NO2/c15-11-4-3-10(13(16)8-11)9-17-14(18)6-5-12-2-1-7-19-12/h1-8H,9H2,(H,17,18). The maximum absolute atomic E-state index is 11.6. The number of hydrogen-bond donors (Lipinski definition) is 1. The van der Waals surface area contributed by atoms with Crippen LogP contribution in [0.3, 0.4) is 0 Å². The van der Waals surface area contributed by atoms with Gasteiger partial charge in [-0.05, 0) is 35.9 Å². The van der Waals surface area contributed by atoms with Crippen molar-refractivity contribution in [1.29, 1.82) is 0 Å². The fourth-order valence-electron chi connectivity index (χ4n) is 1.45. The second-order valence-electron chi connectivity index (χ2n) is 3.80. The number of rotatable bonds is 4. The second-order valence-corrected chi connectivity index (χ2v) is 4.65. The van der Waals surface area contributed by atoms with Crippen LogP contribution in [0.2, 0.25) is 10.0 Å². The van der Waals surface area contributed by atoms with Gasteiger partial charge in [-0.3, -0.25) is 4.79 Å². The number of halogens is 2. The predicted octanol–water partition coefficient (Wildman–Crippen LogP) is 3.92. The van der Waals surface area contributed by atoms with Crippen LogP contribution in [0.15, 0.2) is 47.1 Å². The summed E-state index contributed by atoms with van der Waals surface area (Å²) in [5.74, 6) is 0.405. The van der Waals surface area contributed by atoms with Crippen molar-refractivity contribution in [3.63, 3.8) is 0 Å². The molecular formula is C14H11Cl2NO2. The highest BCUT2D eigenvalue weighted by atomic mass is 35.5. The number of hydrogen-bond acceptors (Lipinski definition) is 2. The van der Waals surface area contributed by atoms with Crippen molar-refractivity contribution < 1.29 is 9.21 Å². The Labute approximate surface area is 120 Å². The molecule has 2 aromatic rings. The molecule has 0 atom stereocenters. The van der Waals surface area contributed by atoms with Gasteiger partial charge in [0.15, 0.2) is 0 Å². The Balaban J connectivity index is 1.90. The molecule has 1 N–H and O–H groups in total. The smallest absolute Gasteiger partial charge is 0.244 e. The molecule has 2 rings (SSSR count). The Morgan fingerprint density at radius 2 is 2.16 bits per heavy atom. The molecule has 1 amide bonds. The van der Waals surface area contributed by atoms with Gasteiger partial charge in [0.25, 0.3) is 0 Å². The molecule has 19 heavy (non-hydrogen) atoms. The second kappa shape index (κ2) is 6.45. The summed E-state index contributed by atoms with van der Waals surface area (Å²) in [7, 11) is 0. The van der Waals surface area contributed by atoms with Crippen LogP contribution in [-0.2, 0) is 11.3 Å². The maximum atomic E-state index is 11.6. The quantitative estimate of drug-likeness (QED) is 0.869. The summed E-state index contributed by atoms with van der Waals surface area (Å²) in [5, 5.41) is 3.82. The first-order valence-electron chi connectivity index (χ1n) is 5.58. The number of furan rings is 1. The Morgan fingerprint density at radius 1 is 1.32 bits per heavy atom. The molecule has 0 bridgehead atoms. The molecule has 0 radical (unpaired) electrons. The monoisotopic (exact) mass is 295 g/mol. The van der Waals surface area contributed by atoms with Crippen LogP contribution in [0.4, 0.5) is 0 Å². The van der Waals surface area contributed by atoms with E-state index in [4.69, 9.17) is 27.6 Å². The topological polar surface area (TPSA) is 42.2 Å². The molecule has 0 saturated carbocycles. The van der Waals surface area contributed by atoms with E-state index < -0.39 is 0 Å². The molecule has 1 aromatic heterocycles. The largest absolute Gasteiger partial charge is 0.465 e. The predicted molar refractivity (Wildman–Crippen MR) is 76.1 cm³/mol. The lowest BCUT2D eigenvalue weighted by Crippen LogP contribution is -2.20. The summed E-state index contributed by atoms with van der Waals surface area (Å²) in [6.45, 7) is 0.345. The average molecular weight is 296 g/mol. The van der Waals surface area contributed by atoms with Gasteiger partial charge in [-0.15, -0.1) is 0 Å². The maximum Gasteiger partial charge on any atom is 0.244 e. The van der Waals surface area contributed by atoms with E-state index in [2.05, 4.69) is 5.32 Å². The van der Waals surface area contributed by atoms with Crippen LogP contribution in [-0.4, -0.2) is 5.91 Å². The molecule has 0 fully saturated rings. The van der Waals surface area contributed by atoms with Crippen LogP contribution >= 0.6 is 23.2 Å². The van der Waals surface area contributed by atoms with Crippen molar-refractivity contribution >= 4 is 35.2 Å². The zero-order valence-corrected chi connectivity index (χ0v) is 11.4. The van der Waals surface area contributed by atoms with Crippen LogP contribution < -0.4 is 5.32 Å². The van der Waals surface area contributed by atoms with Gasteiger partial charge in [-0.1, -0.05) is 29.3 Å². The summed E-state index contributed by atoms with van der Waals surface area (Å²) >= 11 is 11.8. The molecule has 0 unspecified atom stereocenters. The Bertz CT molecular complexity index is 591. The van der Waals surface area contributed by atoms with Gasteiger partial charge in [0, 0.05) is 22.7 Å². The SMILES string of the molecule is O=C(C=Cc1ccco1)NCc1ccc(Cl)cc1Cl. The van der Waals surface area contributed by atoms with Gasteiger partial charge >= 0.3 is 0 Å². The van der Waals surface area contributed by atoms with Crippen molar-refractivity contribution in [3.8, 4) is 0 Å². The molecule has 0 aliphatic heterocycles. The van der Waals surface area contributed by atoms with E-state index in [1.165, 1.54) is 6.08 Å². The summed E-state index contributed by atoms with van der Waals surface area (Å²) in [4.78, 5) is 11.6. The number of benzene rings is 1. The molecule has 0 spiro atoms. The van der Waals surface area contributed by atoms with E-state index >= 15 is 0 Å². The van der Waals surface area contributed by atoms with Crippen molar-refractivity contribution in [1.82, 2.24) is 5.32 Å². The third-order valence-electron chi connectivity index (χ3n) is 2.41. The molecule has 0 aliphatic rings. The third kappa shape index (κ3) is 4.16.